The van der Waals surface area contributed by atoms with Gasteiger partial charge in [0.05, 0.1) is 11.1 Å². The molecule has 0 fully saturated rings. The number of hydrogen-bond acceptors (Lipinski definition) is 2. The van der Waals surface area contributed by atoms with Gasteiger partial charge in [0.25, 0.3) is 0 Å². The van der Waals surface area contributed by atoms with Crippen LogP contribution in [0.2, 0.25) is 0 Å². The van der Waals surface area contributed by atoms with Gasteiger partial charge in [0.15, 0.2) is 5.78 Å². The Morgan fingerprint density at radius 3 is 2.33 bits per heavy atom. The molecule has 0 radical (unpaired) electrons. The van der Waals surface area contributed by atoms with Crippen LogP contribution in [0.1, 0.15) is 34.2 Å². The van der Waals surface area contributed by atoms with Gasteiger partial charge in [-0.05, 0) is 20.8 Å². The second-order valence-corrected chi connectivity index (χ2v) is 2.79. The highest BCUT2D eigenvalue weighted by molar-refractivity contribution is 5.98. The molecule has 1 aromatic rings. The van der Waals surface area contributed by atoms with Crippen molar-refractivity contribution in [2.24, 2.45) is 0 Å². The van der Waals surface area contributed by atoms with Gasteiger partial charge >= 0.3 is 0 Å². The molecule has 3 nitrogen and oxygen atoms in total. The molecule has 1 N–H and O–H groups in total. The average Bonchev–Trinajstić information content (AvgIpc) is 2.24. The Balaban J connectivity index is 3.45. The standard InChI is InChI=1S/C9H10N2O/c1-5-8(4-10)9(7(3)12)6(2)11-5/h11H,1-3H3. The first-order valence-electron chi connectivity index (χ1n) is 3.68. The van der Waals surface area contributed by atoms with Crippen molar-refractivity contribution in [3.05, 3.63) is 22.5 Å². The summed E-state index contributed by atoms with van der Waals surface area (Å²) in [5.41, 5.74) is 2.53. The molecular weight excluding hydrogens is 152 g/mol. The zero-order chi connectivity index (χ0) is 9.30. The van der Waals surface area contributed by atoms with Gasteiger partial charge in [-0.25, -0.2) is 0 Å². The highest BCUT2D eigenvalue weighted by Gasteiger charge is 2.14. The van der Waals surface area contributed by atoms with Gasteiger partial charge in [0.1, 0.15) is 6.07 Å². The van der Waals surface area contributed by atoms with E-state index in [4.69, 9.17) is 5.26 Å². The van der Waals surface area contributed by atoms with E-state index >= 15 is 0 Å². The summed E-state index contributed by atoms with van der Waals surface area (Å²) in [4.78, 5) is 14.1. The fraction of sp³-hybridized carbons (Fsp3) is 0.333. The molecule has 1 rings (SSSR count). The van der Waals surface area contributed by atoms with Gasteiger partial charge in [-0.3, -0.25) is 4.79 Å². The van der Waals surface area contributed by atoms with Gasteiger partial charge in [0, 0.05) is 11.4 Å². The van der Waals surface area contributed by atoms with Crippen LogP contribution >= 0.6 is 0 Å². The van der Waals surface area contributed by atoms with E-state index in [9.17, 15) is 4.79 Å². The lowest BCUT2D eigenvalue weighted by molar-refractivity contribution is 0.101. The summed E-state index contributed by atoms with van der Waals surface area (Å²) in [5.74, 6) is -0.0617. The Labute approximate surface area is 71.0 Å². The molecule has 1 aromatic heterocycles. The third kappa shape index (κ3) is 1.12. The molecule has 0 spiro atoms. The predicted octanol–water partition coefficient (Wildman–Crippen LogP) is 1.71. The molecule has 3 heteroatoms. The van der Waals surface area contributed by atoms with Gasteiger partial charge in [-0.15, -0.1) is 0 Å². The molecule has 0 aliphatic carbocycles. The van der Waals surface area contributed by atoms with E-state index in [0.29, 0.717) is 11.1 Å². The lowest BCUT2D eigenvalue weighted by Crippen LogP contribution is -1.95. The summed E-state index contributed by atoms with van der Waals surface area (Å²) in [6.07, 6.45) is 0. The average molecular weight is 162 g/mol. The molecule has 1 heterocycles. The minimum atomic E-state index is -0.0617. The molecule has 12 heavy (non-hydrogen) atoms. The van der Waals surface area contributed by atoms with E-state index in [1.807, 2.05) is 6.07 Å². The van der Waals surface area contributed by atoms with Crippen LogP contribution in [0.3, 0.4) is 0 Å². The molecule has 0 unspecified atom stereocenters. The van der Waals surface area contributed by atoms with Crippen molar-refractivity contribution in [1.29, 1.82) is 5.26 Å². The fourth-order valence-electron chi connectivity index (χ4n) is 1.36. The quantitative estimate of drug-likeness (QED) is 0.639. The molecular formula is C9H10N2O. The minimum absolute atomic E-state index is 0.0617. The number of Topliss-reactive ketones (excluding diaryl/α,β-unsaturated/α-hetero) is 1. The van der Waals surface area contributed by atoms with Gasteiger partial charge in [-0.1, -0.05) is 0 Å². The zero-order valence-corrected chi connectivity index (χ0v) is 7.36. The van der Waals surface area contributed by atoms with Crippen molar-refractivity contribution in [3.8, 4) is 6.07 Å². The third-order valence-corrected chi connectivity index (χ3v) is 1.84. The first-order valence-corrected chi connectivity index (χ1v) is 3.68. The molecule has 0 atom stereocenters. The second kappa shape index (κ2) is 2.82. The van der Waals surface area contributed by atoms with Crippen LogP contribution in [-0.4, -0.2) is 10.8 Å². The first-order chi connectivity index (χ1) is 5.57. The number of aryl methyl sites for hydroxylation is 2. The Kier molecular flexibility index (Phi) is 2.01. The number of H-pyrrole nitrogens is 1. The maximum Gasteiger partial charge on any atom is 0.162 e. The van der Waals surface area contributed by atoms with E-state index in [1.165, 1.54) is 6.92 Å². The second-order valence-electron chi connectivity index (χ2n) is 2.79. The van der Waals surface area contributed by atoms with E-state index in [0.717, 1.165) is 11.4 Å². The highest BCUT2D eigenvalue weighted by atomic mass is 16.1. The third-order valence-electron chi connectivity index (χ3n) is 1.84. The van der Waals surface area contributed by atoms with Crippen LogP contribution < -0.4 is 0 Å². The smallest absolute Gasteiger partial charge is 0.162 e. The molecule has 0 aromatic carbocycles. The monoisotopic (exact) mass is 162 g/mol. The number of ketones is 1. The molecule has 0 aliphatic rings. The number of nitrogens with zero attached hydrogens (tertiary/aromatic N) is 1. The van der Waals surface area contributed by atoms with Crippen LogP contribution in [0.25, 0.3) is 0 Å². The topological polar surface area (TPSA) is 56.6 Å². The fourth-order valence-corrected chi connectivity index (χ4v) is 1.36. The molecule has 0 aliphatic heterocycles. The summed E-state index contributed by atoms with van der Waals surface area (Å²) in [6, 6.07) is 2.01. The van der Waals surface area contributed by atoms with Gasteiger partial charge in [-0.2, -0.15) is 5.26 Å². The summed E-state index contributed by atoms with van der Waals surface area (Å²) in [6.45, 7) is 5.05. The van der Waals surface area contributed by atoms with Crippen molar-refractivity contribution in [2.75, 3.05) is 0 Å². The number of nitriles is 1. The van der Waals surface area contributed by atoms with Crippen molar-refractivity contribution in [2.45, 2.75) is 20.8 Å². The van der Waals surface area contributed by atoms with Crippen LogP contribution in [0.15, 0.2) is 0 Å². The Hall–Kier alpha value is -1.56. The first kappa shape index (κ1) is 8.54. The number of hydrogen-bond donors (Lipinski definition) is 1. The lowest BCUT2D eigenvalue weighted by Gasteiger charge is -1.91. The number of rotatable bonds is 1. The van der Waals surface area contributed by atoms with Crippen molar-refractivity contribution >= 4 is 5.78 Å². The predicted molar refractivity (Wildman–Crippen MR) is 45.0 cm³/mol. The Morgan fingerprint density at radius 1 is 1.42 bits per heavy atom. The maximum absolute atomic E-state index is 11.1. The Bertz CT molecular complexity index is 369. The van der Waals surface area contributed by atoms with Gasteiger partial charge < -0.3 is 4.98 Å². The molecule has 0 bridgehead atoms. The van der Waals surface area contributed by atoms with E-state index < -0.39 is 0 Å². The van der Waals surface area contributed by atoms with Crippen LogP contribution in [0.5, 0.6) is 0 Å². The highest BCUT2D eigenvalue weighted by Crippen LogP contribution is 2.17. The normalized spacial score (nSPS) is 9.50. The van der Waals surface area contributed by atoms with E-state index in [1.54, 1.807) is 13.8 Å². The lowest BCUT2D eigenvalue weighted by atomic mass is 10.1. The van der Waals surface area contributed by atoms with Gasteiger partial charge in [0.2, 0.25) is 0 Å². The Morgan fingerprint density at radius 2 is 2.00 bits per heavy atom. The van der Waals surface area contributed by atoms with Crippen molar-refractivity contribution in [3.63, 3.8) is 0 Å². The summed E-state index contributed by atoms with van der Waals surface area (Å²) in [5, 5.41) is 8.74. The summed E-state index contributed by atoms with van der Waals surface area (Å²) >= 11 is 0. The number of carbonyl (C=O) groups excluding carboxylic acids is 1. The molecule has 0 saturated carbocycles. The van der Waals surface area contributed by atoms with E-state index in [2.05, 4.69) is 4.98 Å². The molecule has 0 saturated heterocycles. The van der Waals surface area contributed by atoms with Crippen LogP contribution in [-0.2, 0) is 0 Å². The summed E-state index contributed by atoms with van der Waals surface area (Å²) < 4.78 is 0. The number of aromatic nitrogens is 1. The van der Waals surface area contributed by atoms with Crippen molar-refractivity contribution in [1.82, 2.24) is 4.98 Å². The van der Waals surface area contributed by atoms with Crippen LogP contribution in [0, 0.1) is 25.2 Å². The minimum Gasteiger partial charge on any atom is -0.361 e. The number of aromatic amines is 1. The zero-order valence-electron chi connectivity index (χ0n) is 7.36. The largest absolute Gasteiger partial charge is 0.361 e. The van der Waals surface area contributed by atoms with Crippen LogP contribution in [0.4, 0.5) is 0 Å². The van der Waals surface area contributed by atoms with E-state index in [-0.39, 0.29) is 5.78 Å². The summed E-state index contributed by atoms with van der Waals surface area (Å²) in [7, 11) is 0. The molecule has 0 amide bonds. The maximum atomic E-state index is 11.1. The number of carbonyl (C=O) groups is 1. The van der Waals surface area contributed by atoms with Crippen molar-refractivity contribution < 1.29 is 4.79 Å². The number of nitrogens with one attached hydrogen (secondary N) is 1. The molecule has 62 valence electrons. The SMILES string of the molecule is CC(=O)c1c(C)[nH]c(C)c1C#N.